The maximum Gasteiger partial charge on any atom is 0.292 e. The predicted molar refractivity (Wildman–Crippen MR) is 73.7 cm³/mol. The van der Waals surface area contributed by atoms with Crippen LogP contribution in [0.25, 0.3) is 0 Å². The number of nitrogens with two attached hydrogens (primary N) is 1. The van der Waals surface area contributed by atoms with Gasteiger partial charge in [0.2, 0.25) is 5.91 Å². The molecule has 0 bridgehead atoms. The van der Waals surface area contributed by atoms with E-state index in [4.69, 9.17) is 5.73 Å². The molecule has 0 spiro atoms. The first-order valence-electron chi connectivity index (χ1n) is 6.30. The van der Waals surface area contributed by atoms with Crippen molar-refractivity contribution in [1.29, 1.82) is 0 Å². The molecule has 110 valence electrons. The minimum absolute atomic E-state index is 0.132. The summed E-state index contributed by atoms with van der Waals surface area (Å²) in [6.07, 6.45) is 0.561. The van der Waals surface area contributed by atoms with E-state index in [0.29, 0.717) is 6.42 Å². The van der Waals surface area contributed by atoms with Gasteiger partial charge in [-0.25, -0.2) is 4.39 Å². The van der Waals surface area contributed by atoms with Crippen molar-refractivity contribution in [2.75, 3.05) is 11.9 Å². The van der Waals surface area contributed by atoms with Crippen LogP contribution >= 0.6 is 0 Å². The number of amides is 1. The lowest BCUT2D eigenvalue weighted by Crippen LogP contribution is -2.30. The van der Waals surface area contributed by atoms with E-state index in [2.05, 4.69) is 5.32 Å². The van der Waals surface area contributed by atoms with Gasteiger partial charge in [-0.15, -0.1) is 0 Å². The predicted octanol–water partition coefficient (Wildman–Crippen LogP) is 2.29. The fourth-order valence-corrected chi connectivity index (χ4v) is 1.88. The van der Waals surface area contributed by atoms with Gasteiger partial charge in [-0.3, -0.25) is 14.9 Å². The first kappa shape index (κ1) is 16.0. The van der Waals surface area contributed by atoms with Gasteiger partial charge >= 0.3 is 0 Å². The molecule has 7 heteroatoms. The van der Waals surface area contributed by atoms with E-state index in [1.165, 1.54) is 0 Å². The number of halogens is 1. The van der Waals surface area contributed by atoms with Gasteiger partial charge in [0, 0.05) is 18.7 Å². The molecule has 1 atom stereocenters. The Hall–Kier alpha value is -2.02. The van der Waals surface area contributed by atoms with Gasteiger partial charge in [0.1, 0.15) is 11.5 Å². The van der Waals surface area contributed by atoms with Gasteiger partial charge in [-0.1, -0.05) is 13.8 Å². The average Bonchev–Trinajstić information content (AvgIpc) is 2.35. The highest BCUT2D eigenvalue weighted by Crippen LogP contribution is 2.26. The normalized spacial score (nSPS) is 12.2. The number of nitrogens with one attached hydrogen (secondary N) is 1. The van der Waals surface area contributed by atoms with Crippen molar-refractivity contribution < 1.29 is 14.1 Å². The molecule has 1 aromatic carbocycles. The Balaban J connectivity index is 2.94. The monoisotopic (exact) mass is 283 g/mol. The second-order valence-electron chi connectivity index (χ2n) is 4.97. The van der Waals surface area contributed by atoms with E-state index in [1.807, 2.05) is 13.8 Å². The zero-order valence-corrected chi connectivity index (χ0v) is 11.4. The number of nitrogens with zero attached hydrogens (tertiary/aromatic N) is 1. The summed E-state index contributed by atoms with van der Waals surface area (Å²) in [6.45, 7) is 4.02. The SMILES string of the molecule is CC(C)CC(CN)C(=O)Nc1cc(F)ccc1[N+](=O)[O-]. The third-order valence-corrected chi connectivity index (χ3v) is 2.82. The highest BCUT2D eigenvalue weighted by Gasteiger charge is 2.22. The van der Waals surface area contributed by atoms with Crippen LogP contribution in [-0.4, -0.2) is 17.4 Å². The Labute approximate surface area is 116 Å². The Bertz CT molecular complexity index is 506. The molecule has 0 fully saturated rings. The van der Waals surface area contributed by atoms with Gasteiger partial charge in [-0.05, 0) is 18.4 Å². The maximum atomic E-state index is 13.2. The Morgan fingerprint density at radius 1 is 1.50 bits per heavy atom. The van der Waals surface area contributed by atoms with E-state index in [0.717, 1.165) is 18.2 Å². The number of nitro groups is 1. The molecule has 0 saturated heterocycles. The zero-order chi connectivity index (χ0) is 15.3. The van der Waals surface area contributed by atoms with Crippen molar-refractivity contribution >= 4 is 17.3 Å². The van der Waals surface area contributed by atoms with Gasteiger partial charge in [0.05, 0.1) is 10.8 Å². The smallest absolute Gasteiger partial charge is 0.292 e. The fraction of sp³-hybridized carbons (Fsp3) is 0.462. The molecule has 6 nitrogen and oxygen atoms in total. The lowest BCUT2D eigenvalue weighted by Gasteiger charge is -2.16. The van der Waals surface area contributed by atoms with E-state index in [1.54, 1.807) is 0 Å². The number of nitro benzene ring substituents is 1. The molecule has 1 aromatic rings. The summed E-state index contributed by atoms with van der Waals surface area (Å²) in [5, 5.41) is 13.2. The molecular formula is C13H18FN3O3. The molecule has 1 amide bonds. The highest BCUT2D eigenvalue weighted by atomic mass is 19.1. The van der Waals surface area contributed by atoms with Crippen molar-refractivity contribution in [3.63, 3.8) is 0 Å². The molecule has 3 N–H and O–H groups in total. The molecule has 1 unspecified atom stereocenters. The number of carbonyl (C=O) groups is 1. The standard InChI is InChI=1S/C13H18FN3O3/c1-8(2)5-9(7-15)13(18)16-11-6-10(14)3-4-12(11)17(19)20/h3-4,6,8-9H,5,7,15H2,1-2H3,(H,16,18). The number of rotatable bonds is 6. The van der Waals surface area contributed by atoms with E-state index in [-0.39, 0.29) is 23.8 Å². The van der Waals surface area contributed by atoms with Crippen LogP contribution in [0.3, 0.4) is 0 Å². The highest BCUT2D eigenvalue weighted by molar-refractivity contribution is 5.94. The minimum Gasteiger partial charge on any atom is -0.330 e. The summed E-state index contributed by atoms with van der Waals surface area (Å²) in [7, 11) is 0. The van der Waals surface area contributed by atoms with Crippen LogP contribution in [0.4, 0.5) is 15.8 Å². The van der Waals surface area contributed by atoms with Crippen molar-refractivity contribution in [3.05, 3.63) is 34.1 Å². The third kappa shape index (κ3) is 4.27. The Morgan fingerprint density at radius 3 is 2.65 bits per heavy atom. The molecule has 0 radical (unpaired) electrons. The van der Waals surface area contributed by atoms with Crippen LogP contribution in [0.2, 0.25) is 0 Å². The lowest BCUT2D eigenvalue weighted by molar-refractivity contribution is -0.384. The lowest BCUT2D eigenvalue weighted by atomic mass is 9.96. The first-order valence-corrected chi connectivity index (χ1v) is 6.30. The van der Waals surface area contributed by atoms with E-state index in [9.17, 15) is 19.3 Å². The molecule has 0 aliphatic carbocycles. The average molecular weight is 283 g/mol. The minimum atomic E-state index is -0.672. The molecule has 0 aromatic heterocycles. The summed E-state index contributed by atoms with van der Waals surface area (Å²) >= 11 is 0. The molecule has 20 heavy (non-hydrogen) atoms. The van der Waals surface area contributed by atoms with Crippen molar-refractivity contribution in [1.82, 2.24) is 0 Å². The Kier molecular flexibility index (Phi) is 5.57. The Morgan fingerprint density at radius 2 is 2.15 bits per heavy atom. The zero-order valence-electron chi connectivity index (χ0n) is 11.4. The summed E-state index contributed by atoms with van der Waals surface area (Å²) in [5.74, 6) is -1.29. The van der Waals surface area contributed by atoms with Crippen LogP contribution in [0, 0.1) is 27.8 Å². The summed E-state index contributed by atoms with van der Waals surface area (Å²) in [6, 6.07) is 2.92. The quantitative estimate of drug-likeness (QED) is 0.618. The van der Waals surface area contributed by atoms with Crippen LogP contribution in [0.1, 0.15) is 20.3 Å². The molecule has 0 aliphatic heterocycles. The number of benzene rings is 1. The first-order chi connectivity index (χ1) is 9.35. The molecule has 0 saturated carbocycles. The number of carbonyl (C=O) groups excluding carboxylic acids is 1. The molecule has 0 aliphatic rings. The van der Waals surface area contributed by atoms with Crippen LogP contribution in [0.15, 0.2) is 18.2 Å². The summed E-state index contributed by atoms with van der Waals surface area (Å²) < 4.78 is 13.2. The summed E-state index contributed by atoms with van der Waals surface area (Å²) in [5.41, 5.74) is 5.04. The molecule has 0 heterocycles. The van der Waals surface area contributed by atoms with Crippen LogP contribution in [0.5, 0.6) is 0 Å². The van der Waals surface area contributed by atoms with Crippen LogP contribution < -0.4 is 11.1 Å². The van der Waals surface area contributed by atoms with Crippen molar-refractivity contribution in [2.24, 2.45) is 17.6 Å². The van der Waals surface area contributed by atoms with Crippen molar-refractivity contribution in [3.8, 4) is 0 Å². The second kappa shape index (κ2) is 6.95. The van der Waals surface area contributed by atoms with Gasteiger partial charge in [0.15, 0.2) is 0 Å². The maximum absolute atomic E-state index is 13.2. The third-order valence-electron chi connectivity index (χ3n) is 2.82. The van der Waals surface area contributed by atoms with E-state index >= 15 is 0 Å². The van der Waals surface area contributed by atoms with Crippen LogP contribution in [-0.2, 0) is 4.79 Å². The van der Waals surface area contributed by atoms with Crippen molar-refractivity contribution in [2.45, 2.75) is 20.3 Å². The fourth-order valence-electron chi connectivity index (χ4n) is 1.88. The molecule has 1 rings (SSSR count). The molecular weight excluding hydrogens is 265 g/mol. The van der Waals surface area contributed by atoms with E-state index < -0.39 is 22.6 Å². The number of anilines is 1. The second-order valence-corrected chi connectivity index (χ2v) is 4.97. The summed E-state index contributed by atoms with van der Waals surface area (Å²) in [4.78, 5) is 22.2. The number of hydrogen-bond acceptors (Lipinski definition) is 4. The van der Waals surface area contributed by atoms with Gasteiger partial charge < -0.3 is 11.1 Å². The van der Waals surface area contributed by atoms with Gasteiger partial charge in [-0.2, -0.15) is 0 Å². The number of hydrogen-bond donors (Lipinski definition) is 2. The topological polar surface area (TPSA) is 98.3 Å². The van der Waals surface area contributed by atoms with Gasteiger partial charge in [0.25, 0.3) is 5.69 Å². The largest absolute Gasteiger partial charge is 0.330 e.